The van der Waals surface area contributed by atoms with Gasteiger partial charge >= 0.3 is 11.6 Å². The summed E-state index contributed by atoms with van der Waals surface area (Å²) in [7, 11) is -3.92. The van der Waals surface area contributed by atoms with Crippen LogP contribution >= 0.6 is 0 Å². The molecule has 0 aliphatic heterocycles. The van der Waals surface area contributed by atoms with Gasteiger partial charge in [0.25, 0.3) is 0 Å². The molecule has 8 heteroatoms. The van der Waals surface area contributed by atoms with Gasteiger partial charge in [-0.2, -0.15) is 4.72 Å². The van der Waals surface area contributed by atoms with Gasteiger partial charge in [0.2, 0.25) is 10.0 Å². The van der Waals surface area contributed by atoms with Gasteiger partial charge in [0, 0.05) is 17.0 Å². The van der Waals surface area contributed by atoms with Gasteiger partial charge in [0.15, 0.2) is 0 Å². The van der Waals surface area contributed by atoms with Crippen LogP contribution in [0.25, 0.3) is 11.0 Å². The van der Waals surface area contributed by atoms with Crippen LogP contribution in [0.15, 0.2) is 56.6 Å². The van der Waals surface area contributed by atoms with Crippen molar-refractivity contribution in [2.75, 3.05) is 0 Å². The Bertz CT molecular complexity index is 1310. The highest BCUT2D eigenvalue weighted by Crippen LogP contribution is 2.24. The fourth-order valence-corrected chi connectivity index (χ4v) is 4.51. The number of carbonyl (C=O) groups is 1. The third kappa shape index (κ3) is 5.26. The Morgan fingerprint density at radius 3 is 2.31 bits per heavy atom. The van der Waals surface area contributed by atoms with Gasteiger partial charge < -0.3 is 9.15 Å². The van der Waals surface area contributed by atoms with E-state index in [4.69, 9.17) is 9.15 Å². The molecule has 1 atom stereocenters. The minimum atomic E-state index is -3.92. The molecular formula is C24H27NO6S. The van der Waals surface area contributed by atoms with Crippen molar-refractivity contribution < 1.29 is 22.4 Å². The summed E-state index contributed by atoms with van der Waals surface area (Å²) in [6, 6.07) is 10.0. The van der Waals surface area contributed by atoms with Crippen molar-refractivity contribution in [1.82, 2.24) is 4.72 Å². The number of rotatable bonds is 7. The molecule has 0 spiro atoms. The van der Waals surface area contributed by atoms with Crippen LogP contribution in [0.3, 0.4) is 0 Å². The van der Waals surface area contributed by atoms with Crippen molar-refractivity contribution >= 4 is 27.0 Å². The maximum absolute atomic E-state index is 12.9. The van der Waals surface area contributed by atoms with Crippen LogP contribution < -0.4 is 15.1 Å². The highest BCUT2D eigenvalue weighted by Gasteiger charge is 2.28. The number of nitrogens with one attached hydrogen (secondary N) is 1. The average Bonchev–Trinajstić information content (AvgIpc) is 2.71. The number of hydrogen-bond acceptors (Lipinski definition) is 6. The molecule has 7 nitrogen and oxygen atoms in total. The topological polar surface area (TPSA) is 103 Å². The van der Waals surface area contributed by atoms with E-state index in [0.717, 1.165) is 16.5 Å². The number of ether oxygens (including phenoxy) is 1. The molecular weight excluding hydrogens is 430 g/mol. The minimum Gasteiger partial charge on any atom is -0.425 e. The Labute approximate surface area is 187 Å². The second-order valence-corrected chi connectivity index (χ2v) is 10.0. The van der Waals surface area contributed by atoms with E-state index >= 15 is 0 Å². The SMILES string of the molecule is Cc1ccc(S(=O)(=O)NC(CC(C)C)C(=O)Oc2ccc3c(C)c(C)c(=O)oc3c2)cc1. The summed E-state index contributed by atoms with van der Waals surface area (Å²) in [4.78, 5) is 24.9. The lowest BCUT2D eigenvalue weighted by atomic mass is 10.0. The summed E-state index contributed by atoms with van der Waals surface area (Å²) in [5.74, 6) is -0.536. The average molecular weight is 458 g/mol. The smallest absolute Gasteiger partial charge is 0.339 e. The second kappa shape index (κ2) is 9.26. The molecule has 0 fully saturated rings. The Balaban J connectivity index is 1.87. The third-order valence-corrected chi connectivity index (χ3v) is 6.75. The van der Waals surface area contributed by atoms with E-state index in [0.29, 0.717) is 11.1 Å². The maximum Gasteiger partial charge on any atom is 0.339 e. The van der Waals surface area contributed by atoms with Crippen LogP contribution in [-0.4, -0.2) is 20.4 Å². The van der Waals surface area contributed by atoms with E-state index < -0.39 is 27.7 Å². The molecule has 1 aromatic heterocycles. The first-order chi connectivity index (χ1) is 15.0. The molecule has 1 unspecified atom stereocenters. The minimum absolute atomic E-state index is 0.0357. The summed E-state index contributed by atoms with van der Waals surface area (Å²) < 4.78 is 38.9. The standard InChI is InChI=1S/C24H27NO6S/c1-14(2)12-21(25-32(28,29)19-9-6-15(3)7-10-19)24(27)30-18-8-11-20-16(4)17(5)23(26)31-22(20)13-18/h6-11,13-14,21,25H,12H2,1-5H3. The number of aryl methyl sites for hydroxylation is 2. The number of benzene rings is 2. The van der Waals surface area contributed by atoms with Crippen molar-refractivity contribution in [2.45, 2.75) is 52.0 Å². The first kappa shape index (κ1) is 23.7. The van der Waals surface area contributed by atoms with E-state index in [-0.39, 0.29) is 23.0 Å². The molecule has 0 saturated heterocycles. The predicted octanol–water partition coefficient (Wildman–Crippen LogP) is 4.02. The van der Waals surface area contributed by atoms with Gasteiger partial charge in [-0.05, 0) is 62.9 Å². The Kier molecular flexibility index (Phi) is 6.85. The van der Waals surface area contributed by atoms with Crippen molar-refractivity contribution in [2.24, 2.45) is 5.92 Å². The molecule has 2 aromatic carbocycles. The second-order valence-electron chi connectivity index (χ2n) is 8.34. The summed E-state index contributed by atoms with van der Waals surface area (Å²) >= 11 is 0. The Hall–Kier alpha value is -2.97. The summed E-state index contributed by atoms with van der Waals surface area (Å²) in [6.07, 6.45) is 0.255. The molecule has 170 valence electrons. The van der Waals surface area contributed by atoms with Gasteiger partial charge in [-0.25, -0.2) is 18.0 Å². The van der Waals surface area contributed by atoms with Crippen LogP contribution in [0.2, 0.25) is 0 Å². The van der Waals surface area contributed by atoms with Gasteiger partial charge in [0.05, 0.1) is 4.90 Å². The van der Waals surface area contributed by atoms with Crippen LogP contribution in [0.4, 0.5) is 0 Å². The molecule has 1 N–H and O–H groups in total. The maximum atomic E-state index is 12.9. The van der Waals surface area contributed by atoms with E-state index in [1.165, 1.54) is 18.2 Å². The van der Waals surface area contributed by atoms with Crippen molar-refractivity contribution in [3.63, 3.8) is 0 Å². The zero-order chi connectivity index (χ0) is 23.6. The zero-order valence-electron chi connectivity index (χ0n) is 18.8. The molecule has 3 rings (SSSR count). The number of fused-ring (bicyclic) bond motifs is 1. The zero-order valence-corrected chi connectivity index (χ0v) is 19.6. The van der Waals surface area contributed by atoms with E-state index in [9.17, 15) is 18.0 Å². The quantitative estimate of drug-likeness (QED) is 0.327. The van der Waals surface area contributed by atoms with E-state index in [1.807, 2.05) is 27.7 Å². The summed E-state index contributed by atoms with van der Waals surface area (Å²) in [5, 5.41) is 0.737. The van der Waals surface area contributed by atoms with E-state index in [2.05, 4.69) is 4.72 Å². The molecule has 1 heterocycles. The van der Waals surface area contributed by atoms with Gasteiger partial charge in [-0.15, -0.1) is 0 Å². The Morgan fingerprint density at radius 2 is 1.69 bits per heavy atom. The van der Waals surface area contributed by atoms with Crippen LogP contribution in [0, 0.1) is 26.7 Å². The fourth-order valence-electron chi connectivity index (χ4n) is 3.32. The lowest BCUT2D eigenvalue weighted by Crippen LogP contribution is -2.43. The van der Waals surface area contributed by atoms with Crippen molar-refractivity contribution in [3.8, 4) is 5.75 Å². The summed E-state index contributed by atoms with van der Waals surface area (Å²) in [5.41, 5.74) is 2.07. The molecule has 32 heavy (non-hydrogen) atoms. The Morgan fingerprint density at radius 1 is 1.03 bits per heavy atom. The van der Waals surface area contributed by atoms with Crippen LogP contribution in [0.5, 0.6) is 5.75 Å². The van der Waals surface area contributed by atoms with Crippen molar-refractivity contribution in [1.29, 1.82) is 0 Å². The van der Waals surface area contributed by atoms with Crippen LogP contribution in [0.1, 0.15) is 37.0 Å². The molecule has 0 aliphatic carbocycles. The first-order valence-corrected chi connectivity index (χ1v) is 11.8. The largest absolute Gasteiger partial charge is 0.425 e. The monoisotopic (exact) mass is 457 g/mol. The number of esters is 1. The first-order valence-electron chi connectivity index (χ1n) is 10.3. The van der Waals surface area contributed by atoms with Gasteiger partial charge in [-0.3, -0.25) is 0 Å². The predicted molar refractivity (Wildman–Crippen MR) is 122 cm³/mol. The lowest BCUT2D eigenvalue weighted by molar-refractivity contribution is -0.136. The highest BCUT2D eigenvalue weighted by atomic mass is 32.2. The van der Waals surface area contributed by atoms with Gasteiger partial charge in [-0.1, -0.05) is 31.5 Å². The number of carbonyl (C=O) groups excluding carboxylic acids is 1. The molecule has 0 bridgehead atoms. The van der Waals surface area contributed by atoms with Crippen LogP contribution in [-0.2, 0) is 14.8 Å². The molecule has 0 radical (unpaired) electrons. The van der Waals surface area contributed by atoms with Crippen molar-refractivity contribution in [3.05, 3.63) is 69.6 Å². The highest BCUT2D eigenvalue weighted by molar-refractivity contribution is 7.89. The normalized spacial score (nSPS) is 12.8. The fraction of sp³-hybridized carbons (Fsp3) is 0.333. The lowest BCUT2D eigenvalue weighted by Gasteiger charge is -2.19. The van der Waals surface area contributed by atoms with Gasteiger partial charge in [0.1, 0.15) is 17.4 Å². The van der Waals surface area contributed by atoms with E-state index in [1.54, 1.807) is 31.2 Å². The third-order valence-electron chi connectivity index (χ3n) is 5.27. The summed E-state index contributed by atoms with van der Waals surface area (Å²) in [6.45, 7) is 9.13. The molecule has 0 amide bonds. The molecule has 0 aliphatic rings. The number of sulfonamides is 1. The molecule has 0 saturated carbocycles. The molecule has 3 aromatic rings. The number of hydrogen-bond donors (Lipinski definition) is 1.